The Morgan fingerprint density at radius 3 is 2.46 bits per heavy atom. The standard InChI is InChI=1S/C20H25N3O3/c1-14(2)26-19-10-5-4-9-18(19)23-20(25)11-12-21-16-7-6-8-17(13-16)22-15(3)24/h4-10,13-14,21H,11-12H2,1-3H3,(H,22,24)(H,23,25). The third-order valence-corrected chi connectivity index (χ3v) is 3.39. The Labute approximate surface area is 153 Å². The highest BCUT2D eigenvalue weighted by Crippen LogP contribution is 2.25. The predicted octanol–water partition coefficient (Wildman–Crippen LogP) is 3.87. The molecule has 0 radical (unpaired) electrons. The molecule has 3 N–H and O–H groups in total. The van der Waals surface area contributed by atoms with Gasteiger partial charge in [-0.1, -0.05) is 18.2 Å². The SMILES string of the molecule is CC(=O)Nc1cccc(NCCC(=O)Nc2ccccc2OC(C)C)c1. The Balaban J connectivity index is 1.85. The lowest BCUT2D eigenvalue weighted by atomic mass is 10.2. The molecule has 2 aromatic rings. The third-order valence-electron chi connectivity index (χ3n) is 3.39. The van der Waals surface area contributed by atoms with Crippen LogP contribution in [0, 0.1) is 0 Å². The highest BCUT2D eigenvalue weighted by atomic mass is 16.5. The smallest absolute Gasteiger partial charge is 0.226 e. The number of hydrogen-bond donors (Lipinski definition) is 3. The molecule has 138 valence electrons. The summed E-state index contributed by atoms with van der Waals surface area (Å²) in [4.78, 5) is 23.3. The van der Waals surface area contributed by atoms with Gasteiger partial charge < -0.3 is 20.7 Å². The lowest BCUT2D eigenvalue weighted by Gasteiger charge is -2.15. The molecule has 2 amide bonds. The number of carbonyl (C=O) groups excluding carboxylic acids is 2. The molecule has 0 aliphatic carbocycles. The molecule has 26 heavy (non-hydrogen) atoms. The van der Waals surface area contributed by atoms with Gasteiger partial charge >= 0.3 is 0 Å². The van der Waals surface area contributed by atoms with Crippen LogP contribution >= 0.6 is 0 Å². The molecule has 0 saturated heterocycles. The van der Waals surface area contributed by atoms with Gasteiger partial charge in [0.05, 0.1) is 11.8 Å². The fraction of sp³-hybridized carbons (Fsp3) is 0.300. The minimum Gasteiger partial charge on any atom is -0.489 e. The molecule has 0 spiro atoms. The fourth-order valence-electron chi connectivity index (χ4n) is 2.37. The van der Waals surface area contributed by atoms with Crippen molar-refractivity contribution in [2.75, 3.05) is 22.5 Å². The predicted molar refractivity (Wildman–Crippen MR) is 105 cm³/mol. The van der Waals surface area contributed by atoms with Gasteiger partial charge in [-0.3, -0.25) is 9.59 Å². The van der Waals surface area contributed by atoms with Gasteiger partial charge in [-0.25, -0.2) is 0 Å². The van der Waals surface area contributed by atoms with E-state index in [0.29, 0.717) is 30.1 Å². The fourth-order valence-corrected chi connectivity index (χ4v) is 2.37. The summed E-state index contributed by atoms with van der Waals surface area (Å²) in [7, 11) is 0. The highest BCUT2D eigenvalue weighted by molar-refractivity contribution is 5.92. The van der Waals surface area contributed by atoms with E-state index in [0.717, 1.165) is 5.69 Å². The van der Waals surface area contributed by atoms with Gasteiger partial charge in [0.15, 0.2) is 0 Å². The van der Waals surface area contributed by atoms with Crippen LogP contribution in [0.4, 0.5) is 17.1 Å². The Hall–Kier alpha value is -3.02. The normalized spacial score (nSPS) is 10.3. The lowest BCUT2D eigenvalue weighted by Crippen LogP contribution is -2.17. The molecule has 0 bridgehead atoms. The van der Waals surface area contributed by atoms with Crippen molar-refractivity contribution in [1.82, 2.24) is 0 Å². The Kier molecular flexibility index (Phi) is 7.02. The van der Waals surface area contributed by atoms with Gasteiger partial charge in [0.2, 0.25) is 11.8 Å². The summed E-state index contributed by atoms with van der Waals surface area (Å²) >= 11 is 0. The van der Waals surface area contributed by atoms with E-state index in [1.165, 1.54) is 6.92 Å². The lowest BCUT2D eigenvalue weighted by molar-refractivity contribution is -0.116. The number of carbonyl (C=O) groups is 2. The summed E-state index contributed by atoms with van der Waals surface area (Å²) in [5.41, 5.74) is 2.22. The summed E-state index contributed by atoms with van der Waals surface area (Å²) in [5, 5.41) is 8.78. The molecule has 2 rings (SSSR count). The summed E-state index contributed by atoms with van der Waals surface area (Å²) in [5.74, 6) is 0.436. The van der Waals surface area contributed by atoms with Gasteiger partial charge in [-0.05, 0) is 44.2 Å². The quantitative estimate of drug-likeness (QED) is 0.671. The molecular weight excluding hydrogens is 330 g/mol. The molecule has 0 aliphatic heterocycles. The van der Waals surface area contributed by atoms with Crippen LogP contribution in [0.3, 0.4) is 0 Å². The summed E-state index contributed by atoms with van der Waals surface area (Å²) in [6.07, 6.45) is 0.339. The number of rotatable bonds is 8. The topological polar surface area (TPSA) is 79.5 Å². The first kappa shape index (κ1) is 19.3. The number of anilines is 3. The zero-order valence-corrected chi connectivity index (χ0v) is 15.3. The van der Waals surface area contributed by atoms with E-state index in [-0.39, 0.29) is 17.9 Å². The van der Waals surface area contributed by atoms with E-state index in [1.54, 1.807) is 0 Å². The van der Waals surface area contributed by atoms with Crippen molar-refractivity contribution in [3.63, 3.8) is 0 Å². The first-order valence-electron chi connectivity index (χ1n) is 8.61. The Morgan fingerprint density at radius 1 is 1.00 bits per heavy atom. The van der Waals surface area contributed by atoms with Gasteiger partial charge in [0.1, 0.15) is 5.75 Å². The van der Waals surface area contributed by atoms with Crippen LogP contribution in [0.15, 0.2) is 48.5 Å². The van der Waals surface area contributed by atoms with Crippen molar-refractivity contribution in [1.29, 1.82) is 0 Å². The van der Waals surface area contributed by atoms with E-state index in [1.807, 2.05) is 62.4 Å². The maximum Gasteiger partial charge on any atom is 0.226 e. The molecule has 0 aromatic heterocycles. The maximum atomic E-state index is 12.2. The molecule has 0 heterocycles. The number of hydrogen-bond acceptors (Lipinski definition) is 4. The molecule has 0 aliphatic rings. The molecule has 2 aromatic carbocycles. The summed E-state index contributed by atoms with van der Waals surface area (Å²) in [6, 6.07) is 14.7. The van der Waals surface area contributed by atoms with E-state index < -0.39 is 0 Å². The van der Waals surface area contributed by atoms with Crippen LogP contribution in [-0.2, 0) is 9.59 Å². The maximum absolute atomic E-state index is 12.2. The minimum atomic E-state index is -0.121. The van der Waals surface area contributed by atoms with E-state index >= 15 is 0 Å². The molecule has 6 nitrogen and oxygen atoms in total. The summed E-state index contributed by atoms with van der Waals surface area (Å²) in [6.45, 7) is 5.82. The number of benzene rings is 2. The van der Waals surface area contributed by atoms with Gasteiger partial charge in [-0.15, -0.1) is 0 Å². The van der Waals surface area contributed by atoms with E-state index in [9.17, 15) is 9.59 Å². The van der Waals surface area contributed by atoms with Crippen molar-refractivity contribution < 1.29 is 14.3 Å². The first-order chi connectivity index (χ1) is 12.4. The van der Waals surface area contributed by atoms with Crippen LogP contribution < -0.4 is 20.7 Å². The van der Waals surface area contributed by atoms with Crippen LogP contribution in [0.1, 0.15) is 27.2 Å². The third kappa shape index (κ3) is 6.47. The Bertz CT molecular complexity index is 759. The second-order valence-corrected chi connectivity index (χ2v) is 6.15. The molecule has 0 saturated carbocycles. The van der Waals surface area contributed by atoms with Gasteiger partial charge in [-0.2, -0.15) is 0 Å². The van der Waals surface area contributed by atoms with E-state index in [2.05, 4.69) is 16.0 Å². The van der Waals surface area contributed by atoms with Crippen molar-refractivity contribution in [3.8, 4) is 5.75 Å². The number of amides is 2. The van der Waals surface area contributed by atoms with Crippen molar-refractivity contribution in [2.24, 2.45) is 0 Å². The second kappa shape index (κ2) is 9.46. The van der Waals surface area contributed by atoms with E-state index in [4.69, 9.17) is 4.74 Å². The largest absolute Gasteiger partial charge is 0.489 e. The van der Waals surface area contributed by atoms with Crippen molar-refractivity contribution in [2.45, 2.75) is 33.3 Å². The first-order valence-corrected chi connectivity index (χ1v) is 8.61. The minimum absolute atomic E-state index is 0.0330. The number of ether oxygens (including phenoxy) is 1. The van der Waals surface area contributed by atoms with Gasteiger partial charge in [0.25, 0.3) is 0 Å². The zero-order valence-electron chi connectivity index (χ0n) is 15.3. The monoisotopic (exact) mass is 355 g/mol. The number of para-hydroxylation sites is 2. The second-order valence-electron chi connectivity index (χ2n) is 6.15. The molecular formula is C20H25N3O3. The van der Waals surface area contributed by atoms with Crippen molar-refractivity contribution in [3.05, 3.63) is 48.5 Å². The molecule has 0 fully saturated rings. The Morgan fingerprint density at radius 2 is 1.73 bits per heavy atom. The van der Waals surface area contributed by atoms with Crippen LogP contribution in [0.2, 0.25) is 0 Å². The average Bonchev–Trinajstić information content (AvgIpc) is 2.56. The molecule has 0 unspecified atom stereocenters. The van der Waals surface area contributed by atoms with Crippen LogP contribution in [0.5, 0.6) is 5.75 Å². The molecule has 6 heteroatoms. The highest BCUT2D eigenvalue weighted by Gasteiger charge is 2.08. The average molecular weight is 355 g/mol. The summed E-state index contributed by atoms with van der Waals surface area (Å²) < 4.78 is 5.70. The number of nitrogens with one attached hydrogen (secondary N) is 3. The van der Waals surface area contributed by atoms with Gasteiger partial charge in [0, 0.05) is 31.3 Å². The zero-order chi connectivity index (χ0) is 18.9. The molecule has 0 atom stereocenters. The van der Waals surface area contributed by atoms with Crippen LogP contribution in [0.25, 0.3) is 0 Å². The van der Waals surface area contributed by atoms with Crippen molar-refractivity contribution >= 4 is 28.9 Å². The van der Waals surface area contributed by atoms with Crippen LogP contribution in [-0.4, -0.2) is 24.5 Å².